The molecule has 24 heavy (non-hydrogen) atoms. The first-order valence-corrected chi connectivity index (χ1v) is 8.28. The van der Waals surface area contributed by atoms with Crippen molar-refractivity contribution in [2.24, 2.45) is 0 Å². The van der Waals surface area contributed by atoms with Gasteiger partial charge < -0.3 is 15.7 Å². The van der Waals surface area contributed by atoms with E-state index < -0.39 is 17.8 Å². The normalized spacial score (nSPS) is 15.9. The number of hydrogen-bond acceptors (Lipinski definition) is 3. The molecule has 0 aliphatic carbocycles. The quantitative estimate of drug-likeness (QED) is 0.700. The van der Waals surface area contributed by atoms with E-state index in [1.54, 1.807) is 12.1 Å². The van der Waals surface area contributed by atoms with E-state index in [0.717, 1.165) is 25.9 Å². The van der Waals surface area contributed by atoms with Crippen LogP contribution in [0, 0.1) is 5.82 Å². The standard InChI is InChI=1S/C16H21ClFN3O3/c17-11-4-3-5-12(18)15(11)13(21-8-1-2-9-21)10-20-16(24)19-7-6-14(22)23/h3-5,13H,1-2,6-10H2,(H,22,23)(H2,19,20,24). The fraction of sp³-hybridized carbons (Fsp3) is 0.500. The second-order valence-corrected chi connectivity index (χ2v) is 6.08. The summed E-state index contributed by atoms with van der Waals surface area (Å²) in [7, 11) is 0. The number of urea groups is 1. The zero-order valence-corrected chi connectivity index (χ0v) is 14.0. The van der Waals surface area contributed by atoms with Crippen molar-refractivity contribution in [2.45, 2.75) is 25.3 Å². The van der Waals surface area contributed by atoms with Crippen LogP contribution in [-0.4, -0.2) is 48.2 Å². The number of hydrogen-bond donors (Lipinski definition) is 3. The number of amides is 2. The maximum atomic E-state index is 14.3. The Hall–Kier alpha value is -1.86. The van der Waals surface area contributed by atoms with Crippen molar-refractivity contribution < 1.29 is 19.1 Å². The molecule has 2 rings (SSSR count). The van der Waals surface area contributed by atoms with E-state index in [2.05, 4.69) is 15.5 Å². The molecule has 6 nitrogen and oxygen atoms in total. The van der Waals surface area contributed by atoms with Crippen molar-refractivity contribution in [1.82, 2.24) is 15.5 Å². The summed E-state index contributed by atoms with van der Waals surface area (Å²) in [5.74, 6) is -1.38. The van der Waals surface area contributed by atoms with Gasteiger partial charge in [0, 0.05) is 23.7 Å². The lowest BCUT2D eigenvalue weighted by atomic mass is 10.0. The molecule has 8 heteroatoms. The van der Waals surface area contributed by atoms with Gasteiger partial charge in [0.25, 0.3) is 0 Å². The van der Waals surface area contributed by atoms with E-state index in [4.69, 9.17) is 16.7 Å². The molecule has 0 spiro atoms. The molecule has 1 aromatic carbocycles. The summed E-state index contributed by atoms with van der Waals surface area (Å²) in [5, 5.41) is 14.0. The molecule has 0 saturated carbocycles. The van der Waals surface area contributed by atoms with Crippen LogP contribution in [0.5, 0.6) is 0 Å². The summed E-state index contributed by atoms with van der Waals surface area (Å²) in [4.78, 5) is 24.3. The number of carboxylic acids is 1. The highest BCUT2D eigenvalue weighted by atomic mass is 35.5. The van der Waals surface area contributed by atoms with Gasteiger partial charge in [-0.25, -0.2) is 9.18 Å². The van der Waals surface area contributed by atoms with Crippen molar-refractivity contribution in [3.8, 4) is 0 Å². The number of carboxylic acid groups (broad SMARTS) is 1. The molecular formula is C16H21ClFN3O3. The first-order valence-electron chi connectivity index (χ1n) is 7.90. The Morgan fingerprint density at radius 1 is 1.29 bits per heavy atom. The lowest BCUT2D eigenvalue weighted by molar-refractivity contribution is -0.136. The van der Waals surface area contributed by atoms with E-state index in [9.17, 15) is 14.0 Å². The SMILES string of the molecule is O=C(O)CCNC(=O)NCC(c1c(F)cccc1Cl)N1CCCC1. The van der Waals surface area contributed by atoms with Crippen molar-refractivity contribution in [3.63, 3.8) is 0 Å². The molecule has 1 saturated heterocycles. The zero-order chi connectivity index (χ0) is 17.5. The summed E-state index contributed by atoms with van der Waals surface area (Å²) < 4.78 is 14.3. The Labute approximate surface area is 145 Å². The fourth-order valence-corrected chi connectivity index (χ4v) is 3.12. The molecule has 1 unspecified atom stereocenters. The first kappa shape index (κ1) is 18.5. The number of nitrogens with one attached hydrogen (secondary N) is 2. The summed E-state index contributed by atoms with van der Waals surface area (Å²) in [6.45, 7) is 1.87. The highest BCUT2D eigenvalue weighted by Crippen LogP contribution is 2.31. The molecule has 0 bridgehead atoms. The van der Waals surface area contributed by atoms with Crippen LogP contribution in [0.15, 0.2) is 18.2 Å². The number of carbonyl (C=O) groups is 2. The van der Waals surface area contributed by atoms with Gasteiger partial charge in [0.2, 0.25) is 0 Å². The Bertz CT molecular complexity index is 574. The second-order valence-electron chi connectivity index (χ2n) is 5.67. The fourth-order valence-electron chi connectivity index (χ4n) is 2.83. The lowest BCUT2D eigenvalue weighted by Gasteiger charge is -2.29. The highest BCUT2D eigenvalue weighted by Gasteiger charge is 2.28. The van der Waals surface area contributed by atoms with Gasteiger partial charge in [-0.1, -0.05) is 17.7 Å². The van der Waals surface area contributed by atoms with Crippen molar-refractivity contribution in [1.29, 1.82) is 0 Å². The van der Waals surface area contributed by atoms with Crippen LogP contribution >= 0.6 is 11.6 Å². The van der Waals surface area contributed by atoms with Crippen LogP contribution in [0.1, 0.15) is 30.9 Å². The van der Waals surface area contributed by atoms with Crippen LogP contribution in [0.25, 0.3) is 0 Å². The monoisotopic (exact) mass is 357 g/mol. The van der Waals surface area contributed by atoms with Crippen LogP contribution in [-0.2, 0) is 4.79 Å². The Balaban J connectivity index is 2.02. The van der Waals surface area contributed by atoms with Crippen molar-refractivity contribution in [3.05, 3.63) is 34.6 Å². The molecular weight excluding hydrogens is 337 g/mol. The molecule has 1 atom stereocenters. The number of carbonyl (C=O) groups excluding carboxylic acids is 1. The largest absolute Gasteiger partial charge is 0.481 e. The minimum Gasteiger partial charge on any atom is -0.481 e. The van der Waals surface area contributed by atoms with Gasteiger partial charge >= 0.3 is 12.0 Å². The van der Waals surface area contributed by atoms with E-state index in [1.807, 2.05) is 0 Å². The third kappa shape index (κ3) is 5.07. The van der Waals surface area contributed by atoms with Gasteiger partial charge in [-0.2, -0.15) is 0 Å². The van der Waals surface area contributed by atoms with Gasteiger partial charge in [-0.3, -0.25) is 9.69 Å². The van der Waals surface area contributed by atoms with E-state index in [-0.39, 0.29) is 25.6 Å². The minimum absolute atomic E-state index is 0.0377. The third-order valence-electron chi connectivity index (χ3n) is 3.99. The summed E-state index contributed by atoms with van der Waals surface area (Å²) in [6, 6.07) is 3.71. The number of nitrogens with zero attached hydrogens (tertiary/aromatic N) is 1. The van der Waals surface area contributed by atoms with Crippen molar-refractivity contribution in [2.75, 3.05) is 26.2 Å². The minimum atomic E-state index is -0.983. The maximum Gasteiger partial charge on any atom is 0.314 e. The molecule has 3 N–H and O–H groups in total. The molecule has 1 aliphatic heterocycles. The smallest absolute Gasteiger partial charge is 0.314 e. The summed E-state index contributed by atoms with van der Waals surface area (Å²) in [6.07, 6.45) is 1.89. The summed E-state index contributed by atoms with van der Waals surface area (Å²) in [5.41, 5.74) is 0.381. The third-order valence-corrected chi connectivity index (χ3v) is 4.32. The Morgan fingerprint density at radius 2 is 2.00 bits per heavy atom. The van der Waals surface area contributed by atoms with E-state index in [1.165, 1.54) is 6.07 Å². The molecule has 0 aromatic heterocycles. The second kappa shape index (κ2) is 8.84. The van der Waals surface area contributed by atoms with Crippen LogP contribution in [0.3, 0.4) is 0 Å². The van der Waals surface area contributed by atoms with Gasteiger partial charge in [-0.15, -0.1) is 0 Å². The predicted octanol–water partition coefficient (Wildman–Crippen LogP) is 2.39. The molecule has 2 amide bonds. The molecule has 1 aliphatic rings. The van der Waals surface area contributed by atoms with E-state index >= 15 is 0 Å². The van der Waals surface area contributed by atoms with Gasteiger partial charge in [-0.05, 0) is 38.1 Å². The molecule has 1 heterocycles. The zero-order valence-electron chi connectivity index (χ0n) is 13.2. The van der Waals surface area contributed by atoms with Crippen LogP contribution in [0.2, 0.25) is 5.02 Å². The van der Waals surface area contributed by atoms with Crippen LogP contribution < -0.4 is 10.6 Å². The topological polar surface area (TPSA) is 81.7 Å². The maximum absolute atomic E-state index is 14.3. The van der Waals surface area contributed by atoms with Crippen LogP contribution in [0.4, 0.5) is 9.18 Å². The number of halogens is 2. The predicted molar refractivity (Wildman–Crippen MR) is 88.6 cm³/mol. The average Bonchev–Trinajstić information content (AvgIpc) is 3.03. The Morgan fingerprint density at radius 3 is 2.62 bits per heavy atom. The number of benzene rings is 1. The number of aliphatic carboxylic acids is 1. The molecule has 132 valence electrons. The average molecular weight is 358 g/mol. The van der Waals surface area contributed by atoms with Gasteiger partial charge in [0.1, 0.15) is 5.82 Å². The van der Waals surface area contributed by atoms with Gasteiger partial charge in [0.05, 0.1) is 12.5 Å². The lowest BCUT2D eigenvalue weighted by Crippen LogP contribution is -2.42. The summed E-state index contributed by atoms with van der Waals surface area (Å²) >= 11 is 6.18. The first-order chi connectivity index (χ1) is 11.5. The van der Waals surface area contributed by atoms with Gasteiger partial charge in [0.15, 0.2) is 0 Å². The highest BCUT2D eigenvalue weighted by molar-refractivity contribution is 6.31. The Kier molecular flexibility index (Phi) is 6.81. The molecule has 1 aromatic rings. The number of rotatable bonds is 7. The molecule has 0 radical (unpaired) electrons. The molecule has 1 fully saturated rings. The van der Waals surface area contributed by atoms with E-state index in [0.29, 0.717) is 10.6 Å². The number of likely N-dealkylation sites (tertiary alicyclic amines) is 1. The van der Waals surface area contributed by atoms with Crippen molar-refractivity contribution >= 4 is 23.6 Å².